The summed E-state index contributed by atoms with van der Waals surface area (Å²) in [6.45, 7) is 15.1. The molecule has 0 fully saturated rings. The summed E-state index contributed by atoms with van der Waals surface area (Å²) in [7, 11) is 1.76. The summed E-state index contributed by atoms with van der Waals surface area (Å²) in [5.74, 6) is 0.787. The van der Waals surface area contributed by atoms with Crippen molar-refractivity contribution in [3.8, 4) is 0 Å². The van der Waals surface area contributed by atoms with Gasteiger partial charge < -0.3 is 25.6 Å². The van der Waals surface area contributed by atoms with Gasteiger partial charge >= 0.3 is 6.09 Å². The number of ether oxygens (including phenoxy) is 1. The molecule has 0 rings (SSSR count). The van der Waals surface area contributed by atoms with Gasteiger partial charge in [0.25, 0.3) is 0 Å². The van der Waals surface area contributed by atoms with Gasteiger partial charge in [-0.2, -0.15) is 0 Å². The number of guanidine groups is 1. The van der Waals surface area contributed by atoms with Gasteiger partial charge in [0.05, 0.1) is 0 Å². The Bertz CT molecular complexity index is 349. The molecule has 0 aromatic heterocycles. The number of hydrogen-bond acceptors (Lipinski definition) is 4. The molecule has 0 saturated carbocycles. The van der Waals surface area contributed by atoms with Crippen LogP contribution in [0.1, 0.15) is 41.0 Å². The van der Waals surface area contributed by atoms with Gasteiger partial charge in [0.2, 0.25) is 0 Å². The topological polar surface area (TPSA) is 78.0 Å². The summed E-state index contributed by atoms with van der Waals surface area (Å²) in [4.78, 5) is 18.0. The third-order valence-corrected chi connectivity index (χ3v) is 3.15. The molecule has 136 valence electrons. The zero-order valence-corrected chi connectivity index (χ0v) is 15.7. The first-order chi connectivity index (χ1) is 10.8. The normalized spacial score (nSPS) is 12.2. The molecule has 0 atom stereocenters. The summed E-state index contributed by atoms with van der Waals surface area (Å²) in [6.07, 6.45) is 0.426. The molecule has 0 aliphatic carbocycles. The van der Waals surface area contributed by atoms with E-state index in [9.17, 15) is 4.79 Å². The van der Waals surface area contributed by atoms with Crippen LogP contribution in [0.4, 0.5) is 4.79 Å². The fourth-order valence-corrected chi connectivity index (χ4v) is 1.89. The Hall–Kier alpha value is -1.50. The van der Waals surface area contributed by atoms with Crippen LogP contribution in [0, 0.1) is 0 Å². The Labute approximate surface area is 141 Å². The lowest BCUT2D eigenvalue weighted by Crippen LogP contribution is -2.42. The van der Waals surface area contributed by atoms with E-state index in [0.717, 1.165) is 45.1 Å². The second-order valence-electron chi connectivity index (χ2n) is 6.23. The molecule has 0 unspecified atom stereocenters. The Kier molecular flexibility index (Phi) is 11.2. The highest BCUT2D eigenvalue weighted by molar-refractivity contribution is 5.79. The molecular weight excluding hydrogens is 294 g/mol. The highest BCUT2D eigenvalue weighted by atomic mass is 16.6. The van der Waals surface area contributed by atoms with Crippen LogP contribution in [0.5, 0.6) is 0 Å². The largest absolute Gasteiger partial charge is 0.444 e. The number of hydrogen-bond donors (Lipinski definition) is 3. The number of carbonyl (C=O) groups excluding carboxylic acids is 1. The molecule has 23 heavy (non-hydrogen) atoms. The summed E-state index contributed by atoms with van der Waals surface area (Å²) < 4.78 is 5.17. The van der Waals surface area contributed by atoms with Gasteiger partial charge in [0.15, 0.2) is 5.96 Å². The second kappa shape index (κ2) is 12.0. The van der Waals surface area contributed by atoms with E-state index in [1.54, 1.807) is 7.05 Å². The van der Waals surface area contributed by atoms with Crippen LogP contribution in [0.3, 0.4) is 0 Å². The van der Waals surface area contributed by atoms with Crippen LogP contribution in [0.25, 0.3) is 0 Å². The van der Waals surface area contributed by atoms with Crippen LogP contribution in [0.15, 0.2) is 4.99 Å². The van der Waals surface area contributed by atoms with Gasteiger partial charge in [0.1, 0.15) is 5.60 Å². The number of aliphatic imine (C=N–C) groups is 1. The lowest BCUT2D eigenvalue weighted by molar-refractivity contribution is 0.0527. The van der Waals surface area contributed by atoms with E-state index in [-0.39, 0.29) is 6.09 Å². The predicted molar refractivity (Wildman–Crippen MR) is 96.0 cm³/mol. The average Bonchev–Trinajstić information content (AvgIpc) is 2.47. The summed E-state index contributed by atoms with van der Waals surface area (Å²) in [5, 5.41) is 9.25. The zero-order chi connectivity index (χ0) is 17.7. The lowest BCUT2D eigenvalue weighted by Gasteiger charge is -2.20. The first kappa shape index (κ1) is 21.5. The molecule has 7 nitrogen and oxygen atoms in total. The van der Waals surface area contributed by atoms with Crippen molar-refractivity contribution in [1.29, 1.82) is 0 Å². The van der Waals surface area contributed by atoms with E-state index in [1.165, 1.54) is 0 Å². The standard InChI is InChI=1S/C16H35N5O2/c1-7-21(8-2)13-12-19-14(17-6)18-10-9-11-20-15(22)23-16(3,4)5/h7-13H2,1-6H3,(H,20,22)(H2,17,18,19). The SMILES string of the molecule is CCN(CC)CCNC(=NC)NCCCNC(=O)OC(C)(C)C. The van der Waals surface area contributed by atoms with Crippen molar-refractivity contribution in [3.05, 3.63) is 0 Å². The Morgan fingerprint density at radius 1 is 1.04 bits per heavy atom. The fourth-order valence-electron chi connectivity index (χ4n) is 1.89. The number of amides is 1. The number of alkyl carbamates (subject to hydrolysis) is 1. The number of nitrogens with one attached hydrogen (secondary N) is 3. The molecule has 0 saturated heterocycles. The van der Waals surface area contributed by atoms with Crippen molar-refractivity contribution >= 4 is 12.1 Å². The van der Waals surface area contributed by atoms with E-state index < -0.39 is 5.60 Å². The van der Waals surface area contributed by atoms with Gasteiger partial charge in [0, 0.05) is 33.2 Å². The van der Waals surface area contributed by atoms with Crippen LogP contribution < -0.4 is 16.0 Å². The van der Waals surface area contributed by atoms with Gasteiger partial charge in [-0.1, -0.05) is 13.8 Å². The molecular formula is C16H35N5O2. The minimum Gasteiger partial charge on any atom is -0.444 e. The third-order valence-electron chi connectivity index (χ3n) is 3.15. The number of carbonyl (C=O) groups is 1. The molecule has 3 N–H and O–H groups in total. The monoisotopic (exact) mass is 329 g/mol. The van der Waals surface area contributed by atoms with Crippen LogP contribution in [0.2, 0.25) is 0 Å². The van der Waals surface area contributed by atoms with Gasteiger partial charge in [-0.15, -0.1) is 0 Å². The average molecular weight is 329 g/mol. The van der Waals surface area contributed by atoms with Crippen LogP contribution in [-0.4, -0.2) is 68.9 Å². The molecule has 0 radical (unpaired) electrons. The molecule has 0 heterocycles. The maximum atomic E-state index is 11.5. The first-order valence-corrected chi connectivity index (χ1v) is 8.46. The minimum atomic E-state index is -0.459. The molecule has 0 aliphatic heterocycles. The van der Waals surface area contributed by atoms with Crippen LogP contribution >= 0.6 is 0 Å². The Morgan fingerprint density at radius 2 is 1.61 bits per heavy atom. The summed E-state index contributed by atoms with van der Waals surface area (Å²) in [5.41, 5.74) is -0.459. The van der Waals surface area contributed by atoms with Crippen molar-refractivity contribution in [2.24, 2.45) is 4.99 Å². The Balaban J connectivity index is 3.75. The molecule has 7 heteroatoms. The summed E-state index contributed by atoms with van der Waals surface area (Å²) in [6, 6.07) is 0. The molecule has 0 bridgehead atoms. The van der Waals surface area contributed by atoms with Crippen molar-refractivity contribution in [3.63, 3.8) is 0 Å². The fraction of sp³-hybridized carbons (Fsp3) is 0.875. The van der Waals surface area contributed by atoms with E-state index >= 15 is 0 Å². The van der Waals surface area contributed by atoms with Crippen molar-refractivity contribution < 1.29 is 9.53 Å². The lowest BCUT2D eigenvalue weighted by atomic mass is 10.2. The summed E-state index contributed by atoms with van der Waals surface area (Å²) >= 11 is 0. The smallest absolute Gasteiger partial charge is 0.407 e. The van der Waals surface area contributed by atoms with E-state index in [0.29, 0.717) is 6.54 Å². The second-order valence-corrected chi connectivity index (χ2v) is 6.23. The third kappa shape index (κ3) is 12.7. The molecule has 1 amide bonds. The van der Waals surface area contributed by atoms with Crippen molar-refractivity contribution in [1.82, 2.24) is 20.9 Å². The van der Waals surface area contributed by atoms with Gasteiger partial charge in [-0.3, -0.25) is 4.99 Å². The first-order valence-electron chi connectivity index (χ1n) is 8.46. The van der Waals surface area contributed by atoms with Crippen molar-refractivity contribution in [2.45, 2.75) is 46.6 Å². The van der Waals surface area contributed by atoms with E-state index in [2.05, 4.69) is 39.7 Å². The number of nitrogens with zero attached hydrogens (tertiary/aromatic N) is 2. The number of likely N-dealkylation sites (N-methyl/N-ethyl adjacent to an activating group) is 1. The quantitative estimate of drug-likeness (QED) is 0.339. The Morgan fingerprint density at radius 3 is 2.13 bits per heavy atom. The van der Waals surface area contributed by atoms with Crippen LogP contribution in [-0.2, 0) is 4.74 Å². The highest BCUT2D eigenvalue weighted by Crippen LogP contribution is 2.06. The predicted octanol–water partition coefficient (Wildman–Crippen LogP) is 1.41. The van der Waals surface area contributed by atoms with Gasteiger partial charge in [-0.25, -0.2) is 4.79 Å². The maximum Gasteiger partial charge on any atom is 0.407 e. The van der Waals surface area contributed by atoms with E-state index in [1.807, 2.05) is 20.8 Å². The molecule has 0 aromatic carbocycles. The molecule has 0 aliphatic rings. The number of rotatable bonds is 9. The van der Waals surface area contributed by atoms with E-state index in [4.69, 9.17) is 4.74 Å². The van der Waals surface area contributed by atoms with Crippen molar-refractivity contribution in [2.75, 3.05) is 46.3 Å². The molecule has 0 spiro atoms. The van der Waals surface area contributed by atoms with Gasteiger partial charge in [-0.05, 0) is 40.3 Å². The molecule has 0 aromatic rings. The zero-order valence-electron chi connectivity index (χ0n) is 15.7. The maximum absolute atomic E-state index is 11.5. The highest BCUT2D eigenvalue weighted by Gasteiger charge is 2.15. The minimum absolute atomic E-state index is 0.376.